The van der Waals surface area contributed by atoms with Crippen LogP contribution < -0.4 is 20.1 Å². The maximum Gasteiger partial charge on any atom is 0.269 e. The van der Waals surface area contributed by atoms with E-state index in [1.165, 1.54) is 0 Å². The average Bonchev–Trinajstić information content (AvgIpc) is 2.61. The Hall–Kier alpha value is -3.02. The van der Waals surface area contributed by atoms with E-state index in [1.54, 1.807) is 50.4 Å². The van der Waals surface area contributed by atoms with Crippen LogP contribution in [0.2, 0.25) is 0 Å². The van der Waals surface area contributed by atoms with Crippen LogP contribution >= 0.6 is 0 Å². The van der Waals surface area contributed by atoms with Crippen molar-refractivity contribution in [1.82, 2.24) is 5.32 Å². The number of nitrogens with one attached hydrogen (secondary N) is 2. The van der Waals surface area contributed by atoms with E-state index in [4.69, 9.17) is 9.47 Å². The number of carbonyl (C=O) groups excluding carboxylic acids is 2. The second-order valence-electron chi connectivity index (χ2n) is 5.45. The number of ether oxygens (including phenoxy) is 2. The first-order valence-corrected chi connectivity index (χ1v) is 7.64. The fraction of sp³-hybridized carbons (Fsp3) is 0.222. The van der Waals surface area contributed by atoms with Gasteiger partial charge in [-0.05, 0) is 43.3 Å². The summed E-state index contributed by atoms with van der Waals surface area (Å²) in [6.07, 6.45) is -1.16. The summed E-state index contributed by atoms with van der Waals surface area (Å²) in [6.45, 7) is 1.79. The second kappa shape index (κ2) is 6.62. The predicted molar refractivity (Wildman–Crippen MR) is 89.4 cm³/mol. The Morgan fingerprint density at radius 2 is 1.58 bits per heavy atom. The SMILES string of the molecule is CNC(=O)c1ccc(NC(=O)[C@@H]2Oc3ccccc3O[C@@H]2C)cc1. The number of amides is 2. The molecule has 24 heavy (non-hydrogen) atoms. The molecule has 2 N–H and O–H groups in total. The van der Waals surface area contributed by atoms with Crippen molar-refractivity contribution in [1.29, 1.82) is 0 Å². The van der Waals surface area contributed by atoms with Crippen LogP contribution in [0, 0.1) is 0 Å². The molecule has 124 valence electrons. The zero-order valence-electron chi connectivity index (χ0n) is 13.4. The lowest BCUT2D eigenvalue weighted by Crippen LogP contribution is -2.46. The highest BCUT2D eigenvalue weighted by atomic mass is 16.6. The summed E-state index contributed by atoms with van der Waals surface area (Å²) in [6, 6.07) is 13.9. The molecule has 6 nitrogen and oxygen atoms in total. The molecule has 0 fully saturated rings. The highest BCUT2D eigenvalue weighted by molar-refractivity contribution is 5.97. The molecule has 1 heterocycles. The van der Waals surface area contributed by atoms with Crippen LogP contribution in [0.4, 0.5) is 5.69 Å². The Morgan fingerprint density at radius 1 is 0.958 bits per heavy atom. The third-order valence-electron chi connectivity index (χ3n) is 3.74. The zero-order valence-corrected chi connectivity index (χ0v) is 13.4. The van der Waals surface area contributed by atoms with Crippen molar-refractivity contribution in [3.63, 3.8) is 0 Å². The Kier molecular flexibility index (Phi) is 4.37. The van der Waals surface area contributed by atoms with E-state index in [9.17, 15) is 9.59 Å². The van der Waals surface area contributed by atoms with E-state index in [0.29, 0.717) is 22.7 Å². The number of benzene rings is 2. The monoisotopic (exact) mass is 326 g/mol. The quantitative estimate of drug-likeness (QED) is 0.907. The van der Waals surface area contributed by atoms with Crippen LogP contribution in [-0.4, -0.2) is 31.1 Å². The van der Waals surface area contributed by atoms with Gasteiger partial charge in [-0.25, -0.2) is 0 Å². The fourth-order valence-electron chi connectivity index (χ4n) is 2.47. The lowest BCUT2D eigenvalue weighted by atomic mass is 10.1. The van der Waals surface area contributed by atoms with E-state index in [0.717, 1.165) is 0 Å². The predicted octanol–water partition coefficient (Wildman–Crippen LogP) is 2.21. The van der Waals surface area contributed by atoms with Crippen molar-refractivity contribution < 1.29 is 19.1 Å². The van der Waals surface area contributed by atoms with Crippen molar-refractivity contribution in [2.24, 2.45) is 0 Å². The maximum absolute atomic E-state index is 12.5. The second-order valence-corrected chi connectivity index (χ2v) is 5.45. The molecule has 0 spiro atoms. The number of anilines is 1. The number of hydrogen-bond donors (Lipinski definition) is 2. The summed E-state index contributed by atoms with van der Waals surface area (Å²) in [5.74, 6) is 0.696. The number of para-hydroxylation sites is 2. The third kappa shape index (κ3) is 3.17. The average molecular weight is 326 g/mol. The highest BCUT2D eigenvalue weighted by Gasteiger charge is 2.34. The molecule has 2 aromatic carbocycles. The smallest absolute Gasteiger partial charge is 0.269 e. The fourth-order valence-corrected chi connectivity index (χ4v) is 2.47. The van der Waals surface area contributed by atoms with E-state index < -0.39 is 12.2 Å². The Morgan fingerprint density at radius 3 is 2.21 bits per heavy atom. The number of fused-ring (bicyclic) bond motifs is 1. The van der Waals surface area contributed by atoms with Gasteiger partial charge in [-0.15, -0.1) is 0 Å². The van der Waals surface area contributed by atoms with Crippen LogP contribution in [0.3, 0.4) is 0 Å². The Balaban J connectivity index is 1.70. The lowest BCUT2D eigenvalue weighted by Gasteiger charge is -2.31. The van der Waals surface area contributed by atoms with E-state index in [2.05, 4.69) is 10.6 Å². The van der Waals surface area contributed by atoms with Gasteiger partial charge in [-0.2, -0.15) is 0 Å². The van der Waals surface area contributed by atoms with Crippen LogP contribution in [0.15, 0.2) is 48.5 Å². The van der Waals surface area contributed by atoms with Gasteiger partial charge in [-0.3, -0.25) is 9.59 Å². The molecule has 0 bridgehead atoms. The first-order valence-electron chi connectivity index (χ1n) is 7.64. The Bertz CT molecular complexity index is 758. The summed E-state index contributed by atoms with van der Waals surface area (Å²) in [7, 11) is 1.57. The van der Waals surface area contributed by atoms with Gasteiger partial charge in [0.25, 0.3) is 11.8 Å². The summed E-state index contributed by atoms with van der Waals surface area (Å²) >= 11 is 0. The summed E-state index contributed by atoms with van der Waals surface area (Å²) in [5, 5.41) is 5.33. The summed E-state index contributed by atoms with van der Waals surface area (Å²) in [5.41, 5.74) is 1.11. The lowest BCUT2D eigenvalue weighted by molar-refractivity contribution is -0.128. The molecule has 2 aromatic rings. The van der Waals surface area contributed by atoms with E-state index in [1.807, 2.05) is 12.1 Å². The number of hydrogen-bond acceptors (Lipinski definition) is 4. The number of carbonyl (C=O) groups is 2. The minimum atomic E-state index is -0.751. The highest BCUT2D eigenvalue weighted by Crippen LogP contribution is 2.33. The summed E-state index contributed by atoms with van der Waals surface area (Å²) in [4.78, 5) is 24.0. The van der Waals surface area contributed by atoms with Gasteiger partial charge < -0.3 is 20.1 Å². The van der Waals surface area contributed by atoms with Crippen LogP contribution in [0.25, 0.3) is 0 Å². The molecule has 0 saturated heterocycles. The maximum atomic E-state index is 12.5. The molecule has 0 aliphatic carbocycles. The van der Waals surface area contributed by atoms with Crippen molar-refractivity contribution >= 4 is 17.5 Å². The van der Waals surface area contributed by atoms with Gasteiger partial charge in [0, 0.05) is 18.3 Å². The molecule has 2 atom stereocenters. The van der Waals surface area contributed by atoms with Gasteiger partial charge >= 0.3 is 0 Å². The molecule has 0 aromatic heterocycles. The molecule has 2 amide bonds. The molecule has 1 aliphatic rings. The van der Waals surface area contributed by atoms with Gasteiger partial charge in [0.05, 0.1) is 0 Å². The zero-order chi connectivity index (χ0) is 17.1. The molecule has 0 radical (unpaired) electrons. The van der Waals surface area contributed by atoms with Crippen LogP contribution in [-0.2, 0) is 4.79 Å². The largest absolute Gasteiger partial charge is 0.482 e. The number of rotatable bonds is 3. The molecule has 6 heteroatoms. The van der Waals surface area contributed by atoms with Crippen LogP contribution in [0.1, 0.15) is 17.3 Å². The molecule has 3 rings (SSSR count). The van der Waals surface area contributed by atoms with Crippen molar-refractivity contribution in [2.75, 3.05) is 12.4 Å². The standard InChI is InChI=1S/C18H18N2O4/c1-11-16(24-15-6-4-3-5-14(15)23-11)18(22)20-13-9-7-12(8-10-13)17(21)19-2/h3-11,16H,1-2H3,(H,19,21)(H,20,22)/t11-,16-/m1/s1. The van der Waals surface area contributed by atoms with Gasteiger partial charge in [-0.1, -0.05) is 12.1 Å². The molecule has 0 saturated carbocycles. The van der Waals surface area contributed by atoms with Gasteiger partial charge in [0.1, 0.15) is 6.10 Å². The minimum absolute atomic E-state index is 0.179. The molecular formula is C18H18N2O4. The third-order valence-corrected chi connectivity index (χ3v) is 3.74. The Labute approximate surface area is 139 Å². The van der Waals surface area contributed by atoms with E-state index >= 15 is 0 Å². The molecular weight excluding hydrogens is 308 g/mol. The van der Waals surface area contributed by atoms with E-state index in [-0.39, 0.29) is 11.8 Å². The first kappa shape index (κ1) is 15.9. The van der Waals surface area contributed by atoms with Crippen molar-refractivity contribution in [3.8, 4) is 11.5 Å². The minimum Gasteiger partial charge on any atom is -0.482 e. The normalized spacial score (nSPS) is 18.6. The van der Waals surface area contributed by atoms with Crippen molar-refractivity contribution in [2.45, 2.75) is 19.1 Å². The van der Waals surface area contributed by atoms with Gasteiger partial charge in [0.2, 0.25) is 6.10 Å². The molecule has 0 unspecified atom stereocenters. The van der Waals surface area contributed by atoms with Crippen molar-refractivity contribution in [3.05, 3.63) is 54.1 Å². The van der Waals surface area contributed by atoms with Crippen LogP contribution in [0.5, 0.6) is 11.5 Å². The summed E-state index contributed by atoms with van der Waals surface area (Å²) < 4.78 is 11.5. The van der Waals surface area contributed by atoms with Gasteiger partial charge in [0.15, 0.2) is 11.5 Å². The topological polar surface area (TPSA) is 76.7 Å². The first-order chi connectivity index (χ1) is 11.6. The molecule has 1 aliphatic heterocycles.